The summed E-state index contributed by atoms with van der Waals surface area (Å²) in [6.45, 7) is -0.311. The molecule has 0 aliphatic rings. The number of halogens is 3. The van der Waals surface area contributed by atoms with E-state index in [1.54, 1.807) is 58.2 Å². The molecule has 0 radical (unpaired) electrons. The van der Waals surface area contributed by atoms with Gasteiger partial charge in [-0.3, -0.25) is 0 Å². The maximum absolute atomic E-state index is 12.3. The van der Waals surface area contributed by atoms with Crippen LogP contribution in [-0.4, -0.2) is 27.0 Å². The molecular weight excluding hydrogens is 329 g/mol. The molecule has 0 fully saturated rings. The molecule has 0 amide bonds. The second kappa shape index (κ2) is 7.01. The standard InChI is InChI=1S/C15H15F3N2O2S/c16-15(17,18)23(21,22)19-11-12-20(13-7-3-1-4-8-13)14-9-5-2-6-10-14/h1-10,19H,11-12H2. The van der Waals surface area contributed by atoms with Crippen LogP contribution in [0.5, 0.6) is 0 Å². The smallest absolute Gasteiger partial charge is 0.340 e. The Morgan fingerprint density at radius 3 is 1.70 bits per heavy atom. The molecule has 0 unspecified atom stereocenters. The minimum atomic E-state index is -5.33. The summed E-state index contributed by atoms with van der Waals surface area (Å²) in [5, 5.41) is 0. The van der Waals surface area contributed by atoms with Crippen molar-refractivity contribution in [3.8, 4) is 0 Å². The van der Waals surface area contributed by atoms with Crippen molar-refractivity contribution in [3.05, 3.63) is 60.7 Å². The highest BCUT2D eigenvalue weighted by Gasteiger charge is 2.45. The molecule has 4 nitrogen and oxygen atoms in total. The van der Waals surface area contributed by atoms with E-state index < -0.39 is 15.5 Å². The molecule has 23 heavy (non-hydrogen) atoms. The number of hydrogen-bond donors (Lipinski definition) is 1. The van der Waals surface area contributed by atoms with E-state index in [0.717, 1.165) is 11.4 Å². The number of rotatable bonds is 6. The van der Waals surface area contributed by atoms with Gasteiger partial charge in [0, 0.05) is 24.5 Å². The van der Waals surface area contributed by atoms with Crippen molar-refractivity contribution >= 4 is 21.4 Å². The highest BCUT2D eigenvalue weighted by atomic mass is 32.2. The molecule has 1 N–H and O–H groups in total. The first-order valence-electron chi connectivity index (χ1n) is 6.75. The van der Waals surface area contributed by atoms with Gasteiger partial charge in [-0.25, -0.2) is 13.1 Å². The van der Waals surface area contributed by atoms with Crippen molar-refractivity contribution in [1.29, 1.82) is 0 Å². The van der Waals surface area contributed by atoms with Gasteiger partial charge in [-0.2, -0.15) is 13.2 Å². The van der Waals surface area contributed by atoms with Crippen LogP contribution in [0, 0.1) is 0 Å². The molecule has 8 heteroatoms. The zero-order chi connectivity index (χ0) is 16.9. The Labute approximate surface area is 132 Å². The fourth-order valence-corrected chi connectivity index (χ4v) is 2.52. The van der Waals surface area contributed by atoms with E-state index in [1.165, 1.54) is 0 Å². The van der Waals surface area contributed by atoms with E-state index in [-0.39, 0.29) is 13.1 Å². The van der Waals surface area contributed by atoms with E-state index in [2.05, 4.69) is 0 Å². The first-order chi connectivity index (χ1) is 10.8. The second-order valence-electron chi connectivity index (χ2n) is 4.67. The molecule has 0 aliphatic carbocycles. The van der Waals surface area contributed by atoms with Crippen LogP contribution in [0.25, 0.3) is 0 Å². The van der Waals surface area contributed by atoms with Crippen LogP contribution in [0.4, 0.5) is 24.5 Å². The summed E-state index contributed by atoms with van der Waals surface area (Å²) in [5.74, 6) is 0. The normalized spacial score (nSPS) is 12.1. The number of nitrogens with one attached hydrogen (secondary N) is 1. The van der Waals surface area contributed by atoms with Gasteiger partial charge in [0.2, 0.25) is 0 Å². The van der Waals surface area contributed by atoms with Crippen LogP contribution >= 0.6 is 0 Å². The van der Waals surface area contributed by atoms with E-state index in [1.807, 2.05) is 12.1 Å². The van der Waals surface area contributed by atoms with Crippen molar-refractivity contribution in [1.82, 2.24) is 4.72 Å². The molecule has 0 aromatic heterocycles. The predicted molar refractivity (Wildman–Crippen MR) is 82.9 cm³/mol. The number of hydrogen-bond acceptors (Lipinski definition) is 3. The van der Waals surface area contributed by atoms with E-state index >= 15 is 0 Å². The van der Waals surface area contributed by atoms with Crippen LogP contribution in [0.15, 0.2) is 60.7 Å². The lowest BCUT2D eigenvalue weighted by atomic mass is 10.2. The Morgan fingerprint density at radius 1 is 0.870 bits per heavy atom. The average molecular weight is 344 g/mol. The van der Waals surface area contributed by atoms with Crippen molar-refractivity contribution in [2.75, 3.05) is 18.0 Å². The summed E-state index contributed by atoms with van der Waals surface area (Å²) in [6.07, 6.45) is 0. The number of anilines is 2. The molecule has 0 bridgehead atoms. The monoisotopic (exact) mass is 344 g/mol. The van der Waals surface area contributed by atoms with Crippen LogP contribution in [0.3, 0.4) is 0 Å². The van der Waals surface area contributed by atoms with Crippen LogP contribution in [-0.2, 0) is 10.0 Å². The quantitative estimate of drug-likeness (QED) is 0.875. The summed E-state index contributed by atoms with van der Waals surface area (Å²) < 4.78 is 60.7. The number of nitrogens with zero attached hydrogens (tertiary/aromatic N) is 1. The summed E-state index contributed by atoms with van der Waals surface area (Å²) >= 11 is 0. The summed E-state index contributed by atoms with van der Waals surface area (Å²) in [5.41, 5.74) is -3.80. The molecule has 124 valence electrons. The molecule has 2 aromatic carbocycles. The first kappa shape index (κ1) is 17.3. The first-order valence-corrected chi connectivity index (χ1v) is 8.23. The minimum absolute atomic E-state index is 0.0589. The van der Waals surface area contributed by atoms with Gasteiger partial charge in [0.15, 0.2) is 0 Å². The maximum atomic E-state index is 12.3. The molecule has 0 atom stereocenters. The molecule has 0 heterocycles. The lowest BCUT2D eigenvalue weighted by Crippen LogP contribution is -2.40. The zero-order valence-electron chi connectivity index (χ0n) is 12.0. The third-order valence-corrected chi connectivity index (χ3v) is 4.26. The topological polar surface area (TPSA) is 49.4 Å². The van der Waals surface area contributed by atoms with Gasteiger partial charge in [-0.1, -0.05) is 36.4 Å². The molecule has 2 aromatic rings. The van der Waals surface area contributed by atoms with Gasteiger partial charge in [0.05, 0.1) is 0 Å². The summed E-state index contributed by atoms with van der Waals surface area (Å²) in [7, 11) is -5.33. The second-order valence-corrected chi connectivity index (χ2v) is 6.42. The SMILES string of the molecule is O=S(=O)(NCCN(c1ccccc1)c1ccccc1)C(F)(F)F. The number of sulfonamides is 1. The number of benzene rings is 2. The largest absolute Gasteiger partial charge is 0.511 e. The van der Waals surface area contributed by atoms with Gasteiger partial charge < -0.3 is 4.90 Å². The molecule has 2 rings (SSSR count). The highest BCUT2D eigenvalue weighted by Crippen LogP contribution is 2.25. The molecule has 0 saturated carbocycles. The van der Waals surface area contributed by atoms with Crippen LogP contribution < -0.4 is 9.62 Å². The fraction of sp³-hybridized carbons (Fsp3) is 0.200. The van der Waals surface area contributed by atoms with Gasteiger partial charge in [-0.15, -0.1) is 0 Å². The van der Waals surface area contributed by atoms with Crippen LogP contribution in [0.2, 0.25) is 0 Å². The lowest BCUT2D eigenvalue weighted by Gasteiger charge is -2.25. The minimum Gasteiger partial charge on any atom is -0.340 e. The molecule has 0 aliphatic heterocycles. The van der Waals surface area contributed by atoms with Gasteiger partial charge in [-0.05, 0) is 24.3 Å². The van der Waals surface area contributed by atoms with Gasteiger partial charge >= 0.3 is 15.5 Å². The maximum Gasteiger partial charge on any atom is 0.511 e. The lowest BCUT2D eigenvalue weighted by molar-refractivity contribution is -0.0447. The molecular formula is C15H15F3N2O2S. The van der Waals surface area contributed by atoms with E-state index in [9.17, 15) is 21.6 Å². The van der Waals surface area contributed by atoms with Gasteiger partial charge in [0.25, 0.3) is 0 Å². The average Bonchev–Trinajstić information content (AvgIpc) is 2.52. The number of alkyl halides is 3. The zero-order valence-corrected chi connectivity index (χ0v) is 12.8. The summed E-state index contributed by atoms with van der Waals surface area (Å²) in [6, 6.07) is 18.0. The van der Waals surface area contributed by atoms with E-state index in [0.29, 0.717) is 0 Å². The third-order valence-electron chi connectivity index (χ3n) is 3.07. The Bertz CT molecular complexity index is 680. The van der Waals surface area contributed by atoms with Crippen molar-refractivity contribution in [3.63, 3.8) is 0 Å². The van der Waals surface area contributed by atoms with Crippen molar-refractivity contribution in [2.45, 2.75) is 5.51 Å². The Kier molecular flexibility index (Phi) is 5.27. The summed E-state index contributed by atoms with van der Waals surface area (Å²) in [4.78, 5) is 1.74. The Morgan fingerprint density at radius 2 is 1.30 bits per heavy atom. The Hall–Kier alpha value is -2.06. The number of para-hydroxylation sites is 2. The molecule has 0 saturated heterocycles. The predicted octanol–water partition coefficient (Wildman–Crippen LogP) is 3.26. The Balaban J connectivity index is 2.14. The third kappa shape index (κ3) is 4.46. The van der Waals surface area contributed by atoms with Crippen LogP contribution in [0.1, 0.15) is 0 Å². The highest BCUT2D eigenvalue weighted by molar-refractivity contribution is 7.90. The van der Waals surface area contributed by atoms with Crippen molar-refractivity contribution in [2.24, 2.45) is 0 Å². The van der Waals surface area contributed by atoms with Crippen molar-refractivity contribution < 1.29 is 21.6 Å². The van der Waals surface area contributed by atoms with E-state index in [4.69, 9.17) is 0 Å². The van der Waals surface area contributed by atoms with Gasteiger partial charge in [0.1, 0.15) is 0 Å². The molecule has 0 spiro atoms. The fourth-order valence-electron chi connectivity index (χ4n) is 2.00.